The van der Waals surface area contributed by atoms with E-state index in [0.717, 1.165) is 55.3 Å². The van der Waals surface area contributed by atoms with Crippen molar-refractivity contribution in [2.75, 3.05) is 13.1 Å². The quantitative estimate of drug-likeness (QED) is 0.637. The Kier molecular flexibility index (Phi) is 5.73. The summed E-state index contributed by atoms with van der Waals surface area (Å²) in [6, 6.07) is 17.6. The molecule has 1 N–H and O–H groups in total. The van der Waals surface area contributed by atoms with Crippen LogP contribution in [0.5, 0.6) is 5.75 Å². The van der Waals surface area contributed by atoms with Crippen LogP contribution >= 0.6 is 11.8 Å². The van der Waals surface area contributed by atoms with Crippen LogP contribution in [-0.2, 0) is 11.5 Å². The molecule has 5 rings (SSSR count). The number of para-hydroxylation sites is 1. The number of hydrogen-bond donors (Lipinski definition) is 1. The number of ether oxygens (including phenoxy) is 1. The summed E-state index contributed by atoms with van der Waals surface area (Å²) in [4.78, 5) is 8.58. The predicted molar refractivity (Wildman–Crippen MR) is 122 cm³/mol. The number of piperidine rings is 1. The van der Waals surface area contributed by atoms with Crippen molar-refractivity contribution in [3.8, 4) is 5.75 Å². The normalized spacial score (nSPS) is 19.8. The molecule has 3 aromatic rings. The lowest BCUT2D eigenvalue weighted by Gasteiger charge is -2.45. The van der Waals surface area contributed by atoms with Gasteiger partial charge in [0, 0.05) is 41.6 Å². The summed E-state index contributed by atoms with van der Waals surface area (Å²) in [6.07, 6.45) is 8.54. The molecule has 0 aliphatic carbocycles. The lowest BCUT2D eigenvalue weighted by molar-refractivity contribution is 0.0113. The average Bonchev–Trinajstić information content (AvgIpc) is 2.80. The van der Waals surface area contributed by atoms with Gasteiger partial charge in [0.25, 0.3) is 0 Å². The lowest BCUT2D eigenvalue weighted by Crippen LogP contribution is -2.49. The molecule has 154 valence electrons. The summed E-state index contributed by atoms with van der Waals surface area (Å²) in [6.45, 7) is 2.06. The van der Waals surface area contributed by atoms with E-state index in [2.05, 4.69) is 63.8 Å². The number of hydrogen-bond acceptors (Lipinski definition) is 5. The van der Waals surface area contributed by atoms with Gasteiger partial charge in [0.05, 0.1) is 5.69 Å². The van der Waals surface area contributed by atoms with Crippen molar-refractivity contribution in [2.45, 2.75) is 42.3 Å². The molecule has 0 amide bonds. The molecule has 1 unspecified atom stereocenters. The topological polar surface area (TPSA) is 47.0 Å². The number of rotatable bonds is 5. The Morgan fingerprint density at radius 2 is 1.77 bits per heavy atom. The first-order valence-electron chi connectivity index (χ1n) is 10.7. The van der Waals surface area contributed by atoms with Crippen LogP contribution < -0.4 is 10.1 Å². The highest BCUT2D eigenvalue weighted by Gasteiger charge is 2.42. The first-order chi connectivity index (χ1) is 14.8. The molecule has 1 fully saturated rings. The second-order valence-electron chi connectivity index (χ2n) is 8.22. The molecule has 1 aromatic heterocycles. The van der Waals surface area contributed by atoms with E-state index in [1.807, 2.05) is 18.0 Å². The summed E-state index contributed by atoms with van der Waals surface area (Å²) >= 11 is 1.90. The Labute approximate surface area is 182 Å². The van der Waals surface area contributed by atoms with Gasteiger partial charge >= 0.3 is 0 Å². The van der Waals surface area contributed by atoms with Gasteiger partial charge in [-0.25, -0.2) is 0 Å². The second-order valence-corrected chi connectivity index (χ2v) is 9.20. The van der Waals surface area contributed by atoms with Crippen molar-refractivity contribution >= 4 is 11.8 Å². The number of thioether (sulfide) groups is 1. The van der Waals surface area contributed by atoms with E-state index < -0.39 is 0 Å². The van der Waals surface area contributed by atoms with E-state index in [0.29, 0.717) is 5.92 Å². The molecule has 1 saturated heterocycles. The lowest BCUT2D eigenvalue weighted by atomic mass is 9.74. The Morgan fingerprint density at radius 1 is 0.967 bits per heavy atom. The van der Waals surface area contributed by atoms with Crippen molar-refractivity contribution in [2.24, 2.45) is 0 Å². The van der Waals surface area contributed by atoms with Crippen LogP contribution in [-0.4, -0.2) is 28.7 Å². The van der Waals surface area contributed by atoms with Gasteiger partial charge in [0.1, 0.15) is 11.4 Å². The molecule has 3 heterocycles. The van der Waals surface area contributed by atoms with Crippen LogP contribution in [0.15, 0.2) is 67.1 Å². The second kappa shape index (κ2) is 8.78. The van der Waals surface area contributed by atoms with Crippen LogP contribution in [0, 0.1) is 0 Å². The zero-order valence-electron chi connectivity index (χ0n) is 17.1. The predicted octanol–water partition coefficient (Wildman–Crippen LogP) is 4.95. The molecule has 5 heteroatoms. The van der Waals surface area contributed by atoms with Crippen LogP contribution in [0.3, 0.4) is 0 Å². The van der Waals surface area contributed by atoms with Gasteiger partial charge < -0.3 is 10.1 Å². The Hall–Kier alpha value is -2.37. The maximum Gasteiger partial charge on any atom is 0.123 e. The molecule has 2 aliphatic rings. The fraction of sp³-hybridized carbons (Fsp3) is 0.360. The van der Waals surface area contributed by atoms with E-state index in [4.69, 9.17) is 4.74 Å². The number of nitrogens with zero attached hydrogens (tertiary/aromatic N) is 2. The van der Waals surface area contributed by atoms with Gasteiger partial charge in [0.2, 0.25) is 0 Å². The zero-order valence-corrected chi connectivity index (χ0v) is 17.9. The molecule has 2 aliphatic heterocycles. The van der Waals surface area contributed by atoms with Gasteiger partial charge in [-0.3, -0.25) is 9.97 Å². The fourth-order valence-electron chi connectivity index (χ4n) is 4.76. The summed E-state index contributed by atoms with van der Waals surface area (Å²) in [5.74, 6) is 3.29. The van der Waals surface area contributed by atoms with Crippen molar-refractivity contribution in [1.82, 2.24) is 15.3 Å². The molecule has 0 bridgehead atoms. The monoisotopic (exact) mass is 417 g/mol. The van der Waals surface area contributed by atoms with Gasteiger partial charge in [-0.15, -0.1) is 0 Å². The molecular weight excluding hydrogens is 390 g/mol. The molecule has 0 radical (unpaired) electrons. The van der Waals surface area contributed by atoms with Gasteiger partial charge in [-0.2, -0.15) is 11.8 Å². The molecule has 4 nitrogen and oxygen atoms in total. The van der Waals surface area contributed by atoms with Crippen molar-refractivity contribution in [3.63, 3.8) is 0 Å². The number of benzene rings is 2. The van der Waals surface area contributed by atoms with Crippen molar-refractivity contribution in [1.29, 1.82) is 0 Å². The van der Waals surface area contributed by atoms with Crippen LogP contribution in [0.25, 0.3) is 0 Å². The summed E-state index contributed by atoms with van der Waals surface area (Å²) in [5.41, 5.74) is 5.16. The van der Waals surface area contributed by atoms with E-state index in [-0.39, 0.29) is 5.60 Å². The molecule has 2 aromatic carbocycles. The van der Waals surface area contributed by atoms with Gasteiger partial charge in [-0.1, -0.05) is 42.5 Å². The maximum atomic E-state index is 6.63. The number of aromatic nitrogens is 2. The Balaban J connectivity index is 1.42. The molecule has 1 spiro atoms. The van der Waals surface area contributed by atoms with Crippen LogP contribution in [0.4, 0.5) is 0 Å². The summed E-state index contributed by atoms with van der Waals surface area (Å²) in [5, 5.41) is 3.50. The van der Waals surface area contributed by atoms with Crippen molar-refractivity contribution < 1.29 is 4.74 Å². The Bertz CT molecular complexity index is 988. The first-order valence-corrected chi connectivity index (χ1v) is 11.9. The molecule has 30 heavy (non-hydrogen) atoms. The smallest absolute Gasteiger partial charge is 0.123 e. The molecule has 0 saturated carbocycles. The minimum Gasteiger partial charge on any atom is -0.487 e. The fourth-order valence-corrected chi connectivity index (χ4v) is 5.70. The highest BCUT2D eigenvalue weighted by Crippen LogP contribution is 2.48. The maximum absolute atomic E-state index is 6.63. The van der Waals surface area contributed by atoms with E-state index >= 15 is 0 Å². The molecule has 1 atom stereocenters. The van der Waals surface area contributed by atoms with E-state index in [1.54, 1.807) is 12.4 Å². The Morgan fingerprint density at radius 3 is 2.60 bits per heavy atom. The zero-order chi connectivity index (χ0) is 20.2. The number of nitrogens with one attached hydrogen (secondary N) is 1. The molecular formula is C25H27N3OS. The van der Waals surface area contributed by atoms with Crippen molar-refractivity contribution in [3.05, 3.63) is 89.5 Å². The standard InChI is InChI=1S/C25H27N3OS/c1-2-6-21(19(5-1)17-30-18-20-16-27-13-14-28-20)23-15-25(9-11-26-12-10-25)29-24-8-4-3-7-22(23)24/h1-8,13-14,16,23,26H,9-12,15,17-18H2. The minimum atomic E-state index is -0.0514. The SMILES string of the molecule is c1ccc(C2CC3(CCNCC3)Oc3ccccc32)c(CSCc2cnccn2)c1. The summed E-state index contributed by atoms with van der Waals surface area (Å²) in [7, 11) is 0. The first kappa shape index (κ1) is 19.6. The van der Waals surface area contributed by atoms with E-state index in [9.17, 15) is 0 Å². The average molecular weight is 418 g/mol. The van der Waals surface area contributed by atoms with E-state index in [1.165, 1.54) is 16.7 Å². The minimum absolute atomic E-state index is 0.0514. The highest BCUT2D eigenvalue weighted by molar-refractivity contribution is 7.97. The summed E-state index contributed by atoms with van der Waals surface area (Å²) < 4.78 is 6.63. The largest absolute Gasteiger partial charge is 0.487 e. The highest BCUT2D eigenvalue weighted by atomic mass is 32.2. The third-order valence-corrected chi connectivity index (χ3v) is 7.28. The van der Waals surface area contributed by atoms with Crippen LogP contribution in [0.2, 0.25) is 0 Å². The third kappa shape index (κ3) is 4.09. The third-order valence-electron chi connectivity index (χ3n) is 6.27. The number of fused-ring (bicyclic) bond motifs is 1. The van der Waals surface area contributed by atoms with Crippen LogP contribution in [0.1, 0.15) is 47.6 Å². The van der Waals surface area contributed by atoms with Gasteiger partial charge in [0.15, 0.2) is 0 Å². The van der Waals surface area contributed by atoms with Gasteiger partial charge in [-0.05, 0) is 49.5 Å².